The van der Waals surface area contributed by atoms with Crippen molar-refractivity contribution < 1.29 is 4.74 Å². The van der Waals surface area contributed by atoms with Gasteiger partial charge in [-0.05, 0) is 35.9 Å². The zero-order valence-electron chi connectivity index (χ0n) is 13.9. The summed E-state index contributed by atoms with van der Waals surface area (Å²) in [6.45, 7) is 0. The maximum atomic E-state index is 12.8. The molecule has 2 heterocycles. The van der Waals surface area contributed by atoms with Gasteiger partial charge >= 0.3 is 0 Å². The average molecular weight is 364 g/mol. The van der Waals surface area contributed by atoms with Gasteiger partial charge in [-0.1, -0.05) is 35.9 Å². The highest BCUT2D eigenvalue weighted by molar-refractivity contribution is 6.34. The number of hydrogen-bond acceptors (Lipinski definition) is 4. The van der Waals surface area contributed by atoms with Gasteiger partial charge in [-0.15, -0.1) is 0 Å². The van der Waals surface area contributed by atoms with Gasteiger partial charge in [-0.2, -0.15) is 9.78 Å². The number of rotatable bonds is 3. The molecule has 0 bridgehead atoms. The molecule has 128 valence electrons. The standard InChI is InChI=1S/C20H14ClN3O2/c1-26-17-6-4-5-15(19(17)21)13-8-9-16-14(11-13)12-23-24(20(16)25)18-7-2-3-10-22-18/h2-12H,1H3. The molecule has 0 atom stereocenters. The minimum absolute atomic E-state index is 0.218. The molecular formula is C20H14ClN3O2. The maximum Gasteiger partial charge on any atom is 0.280 e. The fourth-order valence-corrected chi connectivity index (χ4v) is 3.16. The molecule has 0 N–H and O–H groups in total. The zero-order chi connectivity index (χ0) is 18.1. The fraction of sp³-hybridized carbons (Fsp3) is 0.0500. The third kappa shape index (κ3) is 2.72. The Morgan fingerprint density at radius 3 is 2.73 bits per heavy atom. The van der Waals surface area contributed by atoms with Crippen molar-refractivity contribution >= 4 is 22.4 Å². The lowest BCUT2D eigenvalue weighted by atomic mass is 10.0. The van der Waals surface area contributed by atoms with Crippen LogP contribution in [-0.4, -0.2) is 21.9 Å². The Morgan fingerprint density at radius 2 is 1.96 bits per heavy atom. The van der Waals surface area contributed by atoms with Crippen LogP contribution >= 0.6 is 11.6 Å². The summed E-state index contributed by atoms with van der Waals surface area (Å²) in [5.74, 6) is 1.09. The maximum absolute atomic E-state index is 12.8. The molecule has 0 unspecified atom stereocenters. The normalized spacial score (nSPS) is 10.8. The lowest BCUT2D eigenvalue weighted by Crippen LogP contribution is -2.21. The van der Waals surface area contributed by atoms with E-state index < -0.39 is 0 Å². The number of halogens is 1. The van der Waals surface area contributed by atoms with Crippen LogP contribution in [0.15, 0.2) is 71.8 Å². The third-order valence-corrected chi connectivity index (χ3v) is 4.54. The molecule has 0 amide bonds. The van der Waals surface area contributed by atoms with Crippen molar-refractivity contribution in [3.8, 4) is 22.7 Å². The molecule has 2 aromatic carbocycles. The summed E-state index contributed by atoms with van der Waals surface area (Å²) in [6.07, 6.45) is 3.28. The average Bonchev–Trinajstić information content (AvgIpc) is 2.69. The second-order valence-corrected chi connectivity index (χ2v) is 6.05. The van der Waals surface area contributed by atoms with Crippen molar-refractivity contribution in [3.05, 3.63) is 82.4 Å². The second kappa shape index (κ2) is 6.61. The van der Waals surface area contributed by atoms with E-state index in [2.05, 4.69) is 10.1 Å². The molecule has 6 heteroatoms. The molecule has 2 aromatic heterocycles. The summed E-state index contributed by atoms with van der Waals surface area (Å²) >= 11 is 6.42. The summed E-state index contributed by atoms with van der Waals surface area (Å²) in [5.41, 5.74) is 1.50. The number of pyridine rings is 1. The van der Waals surface area contributed by atoms with Gasteiger partial charge in [-0.3, -0.25) is 4.79 Å². The molecule has 5 nitrogen and oxygen atoms in total. The van der Waals surface area contributed by atoms with Crippen molar-refractivity contribution in [2.45, 2.75) is 0 Å². The van der Waals surface area contributed by atoms with Gasteiger partial charge in [-0.25, -0.2) is 4.98 Å². The van der Waals surface area contributed by atoms with Crippen LogP contribution in [0.4, 0.5) is 0 Å². The highest BCUT2D eigenvalue weighted by Gasteiger charge is 2.11. The van der Waals surface area contributed by atoms with Crippen LogP contribution in [-0.2, 0) is 0 Å². The summed E-state index contributed by atoms with van der Waals surface area (Å²) in [5, 5.41) is 6.08. The first kappa shape index (κ1) is 16.3. The molecular weight excluding hydrogens is 350 g/mol. The summed E-state index contributed by atoms with van der Waals surface area (Å²) < 4.78 is 6.57. The number of aromatic nitrogens is 3. The Morgan fingerprint density at radius 1 is 1.08 bits per heavy atom. The van der Waals surface area contributed by atoms with Crippen molar-refractivity contribution in [1.82, 2.24) is 14.8 Å². The van der Waals surface area contributed by atoms with E-state index in [1.54, 1.807) is 43.8 Å². The van der Waals surface area contributed by atoms with Gasteiger partial charge in [0.2, 0.25) is 0 Å². The molecule has 0 radical (unpaired) electrons. The minimum Gasteiger partial charge on any atom is -0.495 e. The fourth-order valence-electron chi connectivity index (χ4n) is 2.85. The third-order valence-electron chi connectivity index (χ3n) is 4.15. The molecule has 0 saturated heterocycles. The van der Waals surface area contributed by atoms with Crippen LogP contribution in [0.1, 0.15) is 0 Å². The Hall–Kier alpha value is -3.18. The van der Waals surface area contributed by atoms with E-state index in [-0.39, 0.29) is 5.56 Å². The van der Waals surface area contributed by atoms with E-state index in [1.165, 1.54) is 4.68 Å². The van der Waals surface area contributed by atoms with Crippen LogP contribution in [0.2, 0.25) is 5.02 Å². The summed E-state index contributed by atoms with van der Waals surface area (Å²) in [7, 11) is 1.58. The molecule has 0 saturated carbocycles. The zero-order valence-corrected chi connectivity index (χ0v) is 14.6. The number of nitrogens with zero attached hydrogens (tertiary/aromatic N) is 3. The van der Waals surface area contributed by atoms with Gasteiger partial charge in [0.15, 0.2) is 5.82 Å². The second-order valence-electron chi connectivity index (χ2n) is 5.67. The predicted octanol–water partition coefficient (Wildman–Crippen LogP) is 4.11. The highest BCUT2D eigenvalue weighted by atomic mass is 35.5. The topological polar surface area (TPSA) is 57.0 Å². The largest absolute Gasteiger partial charge is 0.495 e. The van der Waals surface area contributed by atoms with Gasteiger partial charge in [0.05, 0.1) is 23.7 Å². The van der Waals surface area contributed by atoms with Gasteiger partial charge in [0.1, 0.15) is 5.75 Å². The van der Waals surface area contributed by atoms with E-state index in [0.29, 0.717) is 22.0 Å². The Kier molecular flexibility index (Phi) is 4.14. The van der Waals surface area contributed by atoms with Gasteiger partial charge < -0.3 is 4.74 Å². The number of hydrogen-bond donors (Lipinski definition) is 0. The van der Waals surface area contributed by atoms with Crippen LogP contribution in [0.25, 0.3) is 27.7 Å². The first-order chi connectivity index (χ1) is 12.7. The van der Waals surface area contributed by atoms with Crippen LogP contribution in [0.3, 0.4) is 0 Å². The Bertz CT molecular complexity index is 1160. The smallest absolute Gasteiger partial charge is 0.280 e. The van der Waals surface area contributed by atoms with Crippen LogP contribution in [0.5, 0.6) is 5.75 Å². The number of methoxy groups -OCH3 is 1. The Balaban J connectivity index is 1.87. The van der Waals surface area contributed by atoms with Gasteiger partial charge in [0.25, 0.3) is 5.56 Å². The van der Waals surface area contributed by atoms with Gasteiger partial charge in [0, 0.05) is 17.1 Å². The summed E-state index contributed by atoms with van der Waals surface area (Å²) in [6, 6.07) is 16.5. The lowest BCUT2D eigenvalue weighted by Gasteiger charge is -2.10. The van der Waals surface area contributed by atoms with Crippen molar-refractivity contribution in [2.24, 2.45) is 0 Å². The molecule has 26 heavy (non-hydrogen) atoms. The van der Waals surface area contributed by atoms with E-state index in [1.807, 2.05) is 30.3 Å². The van der Waals surface area contributed by atoms with E-state index in [0.717, 1.165) is 16.5 Å². The van der Waals surface area contributed by atoms with Crippen molar-refractivity contribution in [2.75, 3.05) is 7.11 Å². The number of ether oxygens (including phenoxy) is 1. The number of fused-ring (bicyclic) bond motifs is 1. The molecule has 4 rings (SSSR count). The first-order valence-corrected chi connectivity index (χ1v) is 8.33. The minimum atomic E-state index is -0.218. The van der Waals surface area contributed by atoms with E-state index >= 15 is 0 Å². The van der Waals surface area contributed by atoms with Crippen molar-refractivity contribution in [3.63, 3.8) is 0 Å². The Labute approximate surface area is 154 Å². The predicted molar refractivity (Wildman–Crippen MR) is 102 cm³/mol. The highest BCUT2D eigenvalue weighted by Crippen LogP contribution is 2.35. The number of benzene rings is 2. The molecule has 0 aliphatic heterocycles. The van der Waals surface area contributed by atoms with E-state index in [4.69, 9.17) is 16.3 Å². The molecule has 0 aliphatic carbocycles. The van der Waals surface area contributed by atoms with Crippen molar-refractivity contribution in [1.29, 1.82) is 0 Å². The molecule has 0 aliphatic rings. The van der Waals surface area contributed by atoms with E-state index in [9.17, 15) is 4.79 Å². The van der Waals surface area contributed by atoms with Crippen LogP contribution in [0, 0.1) is 0 Å². The monoisotopic (exact) mass is 363 g/mol. The molecule has 0 spiro atoms. The lowest BCUT2D eigenvalue weighted by molar-refractivity contribution is 0.415. The molecule has 4 aromatic rings. The van der Waals surface area contributed by atoms with Crippen LogP contribution < -0.4 is 10.3 Å². The molecule has 0 fully saturated rings. The summed E-state index contributed by atoms with van der Waals surface area (Å²) in [4.78, 5) is 16.9. The quantitative estimate of drug-likeness (QED) is 0.549. The first-order valence-electron chi connectivity index (χ1n) is 7.95. The SMILES string of the molecule is COc1cccc(-c2ccc3c(=O)n(-c4ccccn4)ncc3c2)c1Cl.